The van der Waals surface area contributed by atoms with Crippen LogP contribution >= 0.6 is 0 Å². The third-order valence-electron chi connectivity index (χ3n) is 4.80. The molecule has 1 atom stereocenters. The first-order valence-corrected chi connectivity index (χ1v) is 7.40. The summed E-state index contributed by atoms with van der Waals surface area (Å²) in [5.74, 6) is 0. The Morgan fingerprint density at radius 1 is 1.14 bits per heavy atom. The molecule has 108 valence electrons. The first-order chi connectivity index (χ1) is 9.93. The topological polar surface area (TPSA) is 16.1 Å². The summed E-state index contributed by atoms with van der Waals surface area (Å²) in [4.78, 5) is 6.79. The number of fused-ring (bicyclic) bond motifs is 1. The molecular formula is C19H22N2. The minimum atomic E-state index is -0.142. The summed E-state index contributed by atoms with van der Waals surface area (Å²) in [6, 6.07) is 8.71. The molecule has 2 nitrogen and oxygen atoms in total. The maximum absolute atomic E-state index is 4.46. The van der Waals surface area contributed by atoms with Crippen molar-refractivity contribution in [1.82, 2.24) is 4.98 Å². The number of aromatic nitrogens is 1. The lowest BCUT2D eigenvalue weighted by Crippen LogP contribution is -2.42. The molecule has 2 aromatic rings. The number of nitrogens with zero attached hydrogens (tertiary/aromatic N) is 2. The predicted octanol–water partition coefficient (Wildman–Crippen LogP) is 4.39. The molecule has 0 radical (unpaired) electrons. The van der Waals surface area contributed by atoms with Crippen LogP contribution in [0.1, 0.15) is 34.9 Å². The highest BCUT2D eigenvalue weighted by atomic mass is 15.2. The monoisotopic (exact) mass is 278 g/mol. The van der Waals surface area contributed by atoms with Crippen LogP contribution in [0.2, 0.25) is 0 Å². The van der Waals surface area contributed by atoms with Crippen LogP contribution in [-0.4, -0.2) is 12.0 Å². The summed E-state index contributed by atoms with van der Waals surface area (Å²) in [6.45, 7) is 8.86. The first kappa shape index (κ1) is 13.9. The van der Waals surface area contributed by atoms with E-state index < -0.39 is 0 Å². The number of hydrogen-bond donors (Lipinski definition) is 0. The van der Waals surface area contributed by atoms with Gasteiger partial charge in [-0.2, -0.15) is 0 Å². The van der Waals surface area contributed by atoms with Gasteiger partial charge in [0.25, 0.3) is 0 Å². The van der Waals surface area contributed by atoms with Crippen molar-refractivity contribution in [2.75, 3.05) is 11.9 Å². The first-order valence-electron chi connectivity index (χ1n) is 7.40. The number of benzene rings is 1. The van der Waals surface area contributed by atoms with Crippen molar-refractivity contribution in [2.45, 2.75) is 33.2 Å². The van der Waals surface area contributed by atoms with Crippen LogP contribution < -0.4 is 4.90 Å². The third-order valence-corrected chi connectivity index (χ3v) is 4.80. The maximum atomic E-state index is 4.46. The number of aryl methyl sites for hydroxylation is 2. The Balaban J connectivity index is 2.20. The molecule has 2 heterocycles. The molecule has 0 bridgehead atoms. The molecule has 2 heteroatoms. The van der Waals surface area contributed by atoms with Crippen LogP contribution in [0.3, 0.4) is 0 Å². The minimum Gasteiger partial charge on any atom is -0.360 e. The van der Waals surface area contributed by atoms with E-state index >= 15 is 0 Å². The van der Waals surface area contributed by atoms with Gasteiger partial charge in [-0.1, -0.05) is 23.8 Å². The largest absolute Gasteiger partial charge is 0.360 e. The SMILES string of the molecule is Cc1cc(C)c(C)c(C2(C)C=Cc3ncccc3N2C)c1. The molecule has 1 aliphatic rings. The van der Waals surface area contributed by atoms with Crippen LogP contribution in [0.5, 0.6) is 0 Å². The molecule has 0 fully saturated rings. The van der Waals surface area contributed by atoms with Gasteiger partial charge in [0.05, 0.1) is 16.9 Å². The molecule has 0 saturated heterocycles. The molecule has 0 N–H and O–H groups in total. The average Bonchev–Trinajstić information content (AvgIpc) is 2.47. The quantitative estimate of drug-likeness (QED) is 0.769. The molecule has 0 aliphatic carbocycles. The number of rotatable bonds is 1. The van der Waals surface area contributed by atoms with Gasteiger partial charge in [0, 0.05) is 13.2 Å². The fourth-order valence-corrected chi connectivity index (χ4v) is 3.26. The summed E-state index contributed by atoms with van der Waals surface area (Å²) in [7, 11) is 2.15. The minimum absolute atomic E-state index is 0.142. The van der Waals surface area contributed by atoms with Crippen molar-refractivity contribution >= 4 is 11.8 Å². The Hall–Kier alpha value is -2.09. The smallest absolute Gasteiger partial charge is 0.0861 e. The van der Waals surface area contributed by atoms with Gasteiger partial charge in [0.1, 0.15) is 0 Å². The molecule has 3 rings (SSSR count). The maximum Gasteiger partial charge on any atom is 0.0861 e. The van der Waals surface area contributed by atoms with Crippen LogP contribution in [0.4, 0.5) is 5.69 Å². The Morgan fingerprint density at radius 3 is 2.67 bits per heavy atom. The summed E-state index contributed by atoms with van der Waals surface area (Å²) >= 11 is 0. The van der Waals surface area contributed by atoms with Gasteiger partial charge in [-0.05, 0) is 62.6 Å². The van der Waals surface area contributed by atoms with Crippen LogP contribution in [0.15, 0.2) is 36.5 Å². The van der Waals surface area contributed by atoms with E-state index in [1.807, 2.05) is 12.3 Å². The molecule has 1 aromatic carbocycles. The second-order valence-corrected chi connectivity index (χ2v) is 6.20. The third kappa shape index (κ3) is 2.06. The van der Waals surface area contributed by atoms with Gasteiger partial charge in [-0.25, -0.2) is 0 Å². The number of pyridine rings is 1. The van der Waals surface area contributed by atoms with Crippen molar-refractivity contribution in [3.63, 3.8) is 0 Å². The number of likely N-dealkylation sites (N-methyl/N-ethyl adjacent to an activating group) is 1. The van der Waals surface area contributed by atoms with Crippen molar-refractivity contribution in [3.05, 3.63) is 64.5 Å². The van der Waals surface area contributed by atoms with E-state index in [0.717, 1.165) is 5.69 Å². The molecule has 1 aliphatic heterocycles. The van der Waals surface area contributed by atoms with Crippen molar-refractivity contribution < 1.29 is 0 Å². The molecule has 0 amide bonds. The van der Waals surface area contributed by atoms with E-state index in [2.05, 4.69) is 75.0 Å². The average molecular weight is 278 g/mol. The molecule has 1 aromatic heterocycles. The van der Waals surface area contributed by atoms with Crippen molar-refractivity contribution in [3.8, 4) is 0 Å². The van der Waals surface area contributed by atoms with Crippen LogP contribution in [0.25, 0.3) is 6.08 Å². The van der Waals surface area contributed by atoms with Gasteiger partial charge < -0.3 is 4.90 Å². The van der Waals surface area contributed by atoms with E-state index in [-0.39, 0.29) is 5.54 Å². The molecule has 0 saturated carbocycles. The molecule has 0 spiro atoms. The Kier molecular flexibility index (Phi) is 3.12. The summed E-state index contributed by atoms with van der Waals surface area (Å²) in [5.41, 5.74) is 7.48. The Bertz CT molecular complexity index is 730. The van der Waals surface area contributed by atoms with E-state index in [9.17, 15) is 0 Å². The molecular weight excluding hydrogens is 256 g/mol. The second kappa shape index (κ2) is 4.73. The zero-order valence-corrected chi connectivity index (χ0v) is 13.4. The summed E-state index contributed by atoms with van der Waals surface area (Å²) in [5, 5.41) is 0. The fourth-order valence-electron chi connectivity index (χ4n) is 3.26. The van der Waals surface area contributed by atoms with Gasteiger partial charge in [0.2, 0.25) is 0 Å². The van der Waals surface area contributed by atoms with Gasteiger partial charge in [-0.3, -0.25) is 4.98 Å². The van der Waals surface area contributed by atoms with Gasteiger partial charge >= 0.3 is 0 Å². The number of hydrogen-bond acceptors (Lipinski definition) is 2. The van der Waals surface area contributed by atoms with E-state index in [0.29, 0.717) is 0 Å². The highest BCUT2D eigenvalue weighted by Gasteiger charge is 2.34. The lowest BCUT2D eigenvalue weighted by atomic mass is 9.82. The molecule has 1 unspecified atom stereocenters. The fraction of sp³-hybridized carbons (Fsp3) is 0.316. The summed E-state index contributed by atoms with van der Waals surface area (Å²) < 4.78 is 0. The van der Waals surface area contributed by atoms with E-state index in [1.54, 1.807) is 0 Å². The number of anilines is 1. The van der Waals surface area contributed by atoms with Crippen molar-refractivity contribution in [1.29, 1.82) is 0 Å². The standard InChI is InChI=1S/C19H22N2/c1-13-11-14(2)15(3)16(12-13)19(4)9-8-17-18(21(19)5)7-6-10-20-17/h6-12H,1-5H3. The van der Waals surface area contributed by atoms with E-state index in [4.69, 9.17) is 0 Å². The highest BCUT2D eigenvalue weighted by molar-refractivity contribution is 5.72. The lowest BCUT2D eigenvalue weighted by molar-refractivity contribution is 0.572. The van der Waals surface area contributed by atoms with Crippen molar-refractivity contribution in [2.24, 2.45) is 0 Å². The summed E-state index contributed by atoms with van der Waals surface area (Å²) in [6.07, 6.45) is 6.26. The Morgan fingerprint density at radius 2 is 1.90 bits per heavy atom. The van der Waals surface area contributed by atoms with Gasteiger partial charge in [0.15, 0.2) is 0 Å². The van der Waals surface area contributed by atoms with Crippen LogP contribution in [0, 0.1) is 20.8 Å². The Labute approximate surface area is 127 Å². The second-order valence-electron chi connectivity index (χ2n) is 6.20. The molecule has 21 heavy (non-hydrogen) atoms. The highest BCUT2D eigenvalue weighted by Crippen LogP contribution is 2.40. The van der Waals surface area contributed by atoms with Crippen LogP contribution in [-0.2, 0) is 5.54 Å². The van der Waals surface area contributed by atoms with E-state index in [1.165, 1.54) is 27.9 Å². The predicted molar refractivity (Wildman–Crippen MR) is 89.7 cm³/mol. The zero-order chi connectivity index (χ0) is 15.2. The van der Waals surface area contributed by atoms with Gasteiger partial charge in [-0.15, -0.1) is 0 Å². The zero-order valence-electron chi connectivity index (χ0n) is 13.4. The normalized spacial score (nSPS) is 20.5. The lowest BCUT2D eigenvalue weighted by Gasteiger charge is -2.42.